The number of hydrogen-bond acceptors (Lipinski definition) is 4. The van der Waals surface area contributed by atoms with Gasteiger partial charge in [-0.15, -0.1) is 0 Å². The van der Waals surface area contributed by atoms with E-state index in [-0.39, 0.29) is 18.4 Å². The molecule has 1 atom stereocenters. The summed E-state index contributed by atoms with van der Waals surface area (Å²) in [6.45, 7) is 4.96. The molecule has 1 N–H and O–H groups in total. The zero-order valence-corrected chi connectivity index (χ0v) is 15.7. The summed E-state index contributed by atoms with van der Waals surface area (Å²) in [5.74, 6) is 0.222. The van der Waals surface area contributed by atoms with Crippen molar-refractivity contribution in [2.75, 3.05) is 32.7 Å². The van der Waals surface area contributed by atoms with Crippen molar-refractivity contribution in [2.45, 2.75) is 45.1 Å². The largest absolute Gasteiger partial charge is 0.347 e. The summed E-state index contributed by atoms with van der Waals surface area (Å²) in [7, 11) is 0. The van der Waals surface area contributed by atoms with Gasteiger partial charge in [0, 0.05) is 51.0 Å². The number of hydrogen-bond donors (Lipinski definition) is 1. The predicted molar refractivity (Wildman–Crippen MR) is 101 cm³/mol. The SMILES string of the molecule is CC(=O)NCC(=O)N1CCN(C2CCCC2)CC(Cc2ccccn2)C1. The highest BCUT2D eigenvalue weighted by Gasteiger charge is 2.30. The number of carbonyl (C=O) groups is 2. The Morgan fingerprint density at radius 3 is 2.69 bits per heavy atom. The molecule has 2 fully saturated rings. The van der Waals surface area contributed by atoms with Crippen LogP contribution in [-0.2, 0) is 16.0 Å². The van der Waals surface area contributed by atoms with Crippen LogP contribution in [0.25, 0.3) is 0 Å². The second kappa shape index (κ2) is 9.12. The van der Waals surface area contributed by atoms with Gasteiger partial charge in [0.1, 0.15) is 0 Å². The van der Waals surface area contributed by atoms with Crippen LogP contribution in [0.15, 0.2) is 24.4 Å². The van der Waals surface area contributed by atoms with E-state index in [9.17, 15) is 9.59 Å². The third-order valence-corrected chi connectivity index (χ3v) is 5.53. The van der Waals surface area contributed by atoms with Crippen LogP contribution in [0.1, 0.15) is 38.3 Å². The molecule has 26 heavy (non-hydrogen) atoms. The number of nitrogens with one attached hydrogen (secondary N) is 1. The van der Waals surface area contributed by atoms with Crippen LogP contribution < -0.4 is 5.32 Å². The summed E-state index contributed by atoms with van der Waals surface area (Å²) in [6, 6.07) is 6.68. The first-order chi connectivity index (χ1) is 12.6. The molecule has 2 heterocycles. The Morgan fingerprint density at radius 1 is 1.19 bits per heavy atom. The summed E-state index contributed by atoms with van der Waals surface area (Å²) >= 11 is 0. The topological polar surface area (TPSA) is 65.5 Å². The van der Waals surface area contributed by atoms with Crippen LogP contribution >= 0.6 is 0 Å². The highest BCUT2D eigenvalue weighted by atomic mass is 16.2. The third kappa shape index (κ3) is 5.27. The first-order valence-corrected chi connectivity index (χ1v) is 9.78. The van der Waals surface area contributed by atoms with Gasteiger partial charge in [0.15, 0.2) is 0 Å². The molecule has 3 rings (SSSR count). The van der Waals surface area contributed by atoms with Crippen molar-refractivity contribution in [1.29, 1.82) is 0 Å². The zero-order valence-electron chi connectivity index (χ0n) is 15.7. The van der Waals surface area contributed by atoms with E-state index in [0.717, 1.165) is 38.3 Å². The van der Waals surface area contributed by atoms with Gasteiger partial charge < -0.3 is 10.2 Å². The molecular weight excluding hydrogens is 328 g/mol. The van der Waals surface area contributed by atoms with Crippen LogP contribution in [0.2, 0.25) is 0 Å². The normalized spacial score (nSPS) is 22.2. The van der Waals surface area contributed by atoms with Crippen molar-refractivity contribution < 1.29 is 9.59 Å². The molecule has 0 radical (unpaired) electrons. The van der Waals surface area contributed by atoms with Crippen molar-refractivity contribution in [3.8, 4) is 0 Å². The molecule has 6 nitrogen and oxygen atoms in total. The van der Waals surface area contributed by atoms with E-state index in [1.807, 2.05) is 23.2 Å². The minimum Gasteiger partial charge on any atom is -0.347 e. The Balaban J connectivity index is 1.68. The van der Waals surface area contributed by atoms with Gasteiger partial charge in [0.25, 0.3) is 0 Å². The van der Waals surface area contributed by atoms with E-state index in [0.29, 0.717) is 12.0 Å². The molecule has 2 amide bonds. The highest BCUT2D eigenvalue weighted by molar-refractivity contribution is 5.83. The van der Waals surface area contributed by atoms with Gasteiger partial charge in [-0.2, -0.15) is 0 Å². The lowest BCUT2D eigenvalue weighted by Gasteiger charge is -2.29. The molecule has 0 aromatic carbocycles. The van der Waals surface area contributed by atoms with Crippen LogP contribution in [0.3, 0.4) is 0 Å². The van der Waals surface area contributed by atoms with Gasteiger partial charge >= 0.3 is 0 Å². The molecule has 1 aliphatic carbocycles. The van der Waals surface area contributed by atoms with Crippen LogP contribution in [0, 0.1) is 5.92 Å². The maximum Gasteiger partial charge on any atom is 0.242 e. The van der Waals surface area contributed by atoms with Gasteiger partial charge in [-0.05, 0) is 37.3 Å². The second-order valence-electron chi connectivity index (χ2n) is 7.57. The number of amides is 2. The zero-order chi connectivity index (χ0) is 18.4. The third-order valence-electron chi connectivity index (χ3n) is 5.53. The van der Waals surface area contributed by atoms with Crippen LogP contribution in [-0.4, -0.2) is 65.4 Å². The molecule has 142 valence electrons. The standard InChI is InChI=1S/C20H30N4O2/c1-16(25)22-13-20(26)24-11-10-23(19-7-2-3-8-19)14-17(15-24)12-18-6-4-5-9-21-18/h4-6,9,17,19H,2-3,7-8,10-15H2,1H3,(H,22,25). The molecule has 1 aliphatic heterocycles. The molecular formula is C20H30N4O2. The number of nitrogens with zero attached hydrogens (tertiary/aromatic N) is 3. The van der Waals surface area contributed by atoms with Gasteiger partial charge in [-0.3, -0.25) is 19.5 Å². The summed E-state index contributed by atoms with van der Waals surface area (Å²) in [5, 5.41) is 2.64. The fourth-order valence-corrected chi connectivity index (χ4v) is 4.22. The van der Waals surface area contributed by atoms with Crippen molar-refractivity contribution in [1.82, 2.24) is 20.1 Å². The molecule has 0 spiro atoms. The van der Waals surface area contributed by atoms with Gasteiger partial charge in [0.05, 0.1) is 6.54 Å². The molecule has 1 aromatic heterocycles. The first-order valence-electron chi connectivity index (χ1n) is 9.78. The smallest absolute Gasteiger partial charge is 0.242 e. The van der Waals surface area contributed by atoms with E-state index < -0.39 is 0 Å². The first kappa shape index (κ1) is 18.8. The lowest BCUT2D eigenvalue weighted by molar-refractivity contribution is -0.132. The van der Waals surface area contributed by atoms with Gasteiger partial charge in [-0.1, -0.05) is 18.9 Å². The minimum absolute atomic E-state index is 0.0134. The van der Waals surface area contributed by atoms with Crippen molar-refractivity contribution in [2.24, 2.45) is 5.92 Å². The number of pyridine rings is 1. The molecule has 1 saturated carbocycles. The number of rotatable bonds is 5. The maximum atomic E-state index is 12.6. The lowest BCUT2D eigenvalue weighted by atomic mass is 10.0. The quantitative estimate of drug-likeness (QED) is 0.866. The maximum absolute atomic E-state index is 12.6. The Bertz CT molecular complexity index is 601. The fourth-order valence-electron chi connectivity index (χ4n) is 4.22. The van der Waals surface area contributed by atoms with Crippen molar-refractivity contribution in [3.05, 3.63) is 30.1 Å². The summed E-state index contributed by atoms with van der Waals surface area (Å²) in [5.41, 5.74) is 1.08. The van der Waals surface area contributed by atoms with Gasteiger partial charge in [0.2, 0.25) is 11.8 Å². The Hall–Kier alpha value is -1.95. The van der Waals surface area contributed by atoms with Gasteiger partial charge in [-0.25, -0.2) is 0 Å². The van der Waals surface area contributed by atoms with Crippen molar-refractivity contribution >= 4 is 11.8 Å². The molecule has 2 aliphatic rings. The van der Waals surface area contributed by atoms with E-state index >= 15 is 0 Å². The molecule has 1 aromatic rings. The number of aromatic nitrogens is 1. The minimum atomic E-state index is -0.161. The lowest BCUT2D eigenvalue weighted by Crippen LogP contribution is -2.42. The Kier molecular flexibility index (Phi) is 6.61. The molecule has 6 heteroatoms. The van der Waals surface area contributed by atoms with Crippen LogP contribution in [0.4, 0.5) is 0 Å². The van der Waals surface area contributed by atoms with E-state index in [4.69, 9.17) is 0 Å². The summed E-state index contributed by atoms with van der Waals surface area (Å²) in [4.78, 5) is 32.7. The second-order valence-corrected chi connectivity index (χ2v) is 7.57. The van der Waals surface area contributed by atoms with Crippen molar-refractivity contribution in [3.63, 3.8) is 0 Å². The molecule has 0 bridgehead atoms. The molecule has 1 unspecified atom stereocenters. The van der Waals surface area contributed by atoms with E-state index in [1.165, 1.54) is 32.6 Å². The summed E-state index contributed by atoms with van der Waals surface area (Å²) < 4.78 is 0. The average molecular weight is 358 g/mol. The van der Waals surface area contributed by atoms with E-state index in [2.05, 4.69) is 21.3 Å². The Labute approximate surface area is 156 Å². The average Bonchev–Trinajstić information content (AvgIpc) is 3.09. The van der Waals surface area contributed by atoms with Crippen LogP contribution in [0.5, 0.6) is 0 Å². The molecule has 1 saturated heterocycles. The fraction of sp³-hybridized carbons (Fsp3) is 0.650. The number of carbonyl (C=O) groups excluding carboxylic acids is 2. The van der Waals surface area contributed by atoms with E-state index in [1.54, 1.807) is 0 Å². The summed E-state index contributed by atoms with van der Waals surface area (Å²) in [6.07, 6.45) is 7.90. The Morgan fingerprint density at radius 2 is 2.00 bits per heavy atom. The predicted octanol–water partition coefficient (Wildman–Crippen LogP) is 1.46. The highest BCUT2D eigenvalue weighted by Crippen LogP contribution is 2.26. The monoisotopic (exact) mass is 358 g/mol.